The Morgan fingerprint density at radius 2 is 2.18 bits per heavy atom. The average Bonchev–Trinajstić information content (AvgIpc) is 2.89. The Hall–Kier alpha value is -2.08. The number of hydrogen-bond donors (Lipinski definition) is 1. The van der Waals surface area contributed by atoms with Crippen LogP contribution in [0.15, 0.2) is 18.2 Å². The number of hydrogen-bond acceptors (Lipinski definition) is 4. The Morgan fingerprint density at radius 1 is 1.45 bits per heavy atom. The first-order chi connectivity index (χ1) is 10.4. The monoisotopic (exact) mass is 324 g/mol. The minimum Gasteiger partial charge on any atom is -0.468 e. The molecule has 118 valence electrons. The smallest absolute Gasteiger partial charge is 0.325 e. The molecule has 6 nitrogen and oxygen atoms in total. The van der Waals surface area contributed by atoms with Crippen molar-refractivity contribution in [3.63, 3.8) is 0 Å². The van der Waals surface area contributed by atoms with Crippen LogP contribution in [-0.4, -0.2) is 38.0 Å². The summed E-state index contributed by atoms with van der Waals surface area (Å²) < 4.78 is 4.45. The molecular formula is C15H17ClN2O4. The standard InChI is InChI=1S/C15H17ClN2O4/c1-9-3-4-11(6-12(9)16)18-8-10(5-13(18)19)15(21)17-7-14(20)22-2/h3-4,6,10H,5,7-8H2,1-2H3,(H,17,21)/t10-/m1/s1. The van der Waals surface area contributed by atoms with Gasteiger partial charge in [0.05, 0.1) is 13.0 Å². The number of methoxy groups -OCH3 is 1. The maximum atomic E-state index is 12.1. The highest BCUT2D eigenvalue weighted by molar-refractivity contribution is 6.31. The summed E-state index contributed by atoms with van der Waals surface area (Å²) >= 11 is 6.07. The minimum atomic E-state index is -0.528. The van der Waals surface area contributed by atoms with Crippen LogP contribution >= 0.6 is 11.6 Å². The molecule has 1 saturated heterocycles. The van der Waals surface area contributed by atoms with Crippen molar-refractivity contribution in [2.75, 3.05) is 25.1 Å². The van der Waals surface area contributed by atoms with Gasteiger partial charge in [0, 0.05) is 23.7 Å². The highest BCUT2D eigenvalue weighted by Crippen LogP contribution is 2.28. The molecule has 1 aromatic carbocycles. The van der Waals surface area contributed by atoms with Gasteiger partial charge in [0.1, 0.15) is 6.54 Å². The van der Waals surface area contributed by atoms with E-state index >= 15 is 0 Å². The summed E-state index contributed by atoms with van der Waals surface area (Å²) in [5, 5.41) is 3.04. The third-order valence-corrected chi connectivity index (χ3v) is 4.00. The third kappa shape index (κ3) is 3.57. The van der Waals surface area contributed by atoms with Crippen molar-refractivity contribution in [3.05, 3.63) is 28.8 Å². The molecule has 1 N–H and O–H groups in total. The Kier molecular flexibility index (Phi) is 5.03. The van der Waals surface area contributed by atoms with Gasteiger partial charge in [0.15, 0.2) is 0 Å². The number of ether oxygens (including phenoxy) is 1. The van der Waals surface area contributed by atoms with Gasteiger partial charge in [0.2, 0.25) is 11.8 Å². The molecular weight excluding hydrogens is 308 g/mol. The Morgan fingerprint density at radius 3 is 2.82 bits per heavy atom. The van der Waals surface area contributed by atoms with E-state index in [4.69, 9.17) is 11.6 Å². The van der Waals surface area contributed by atoms with Crippen LogP contribution in [0.3, 0.4) is 0 Å². The van der Waals surface area contributed by atoms with E-state index < -0.39 is 11.9 Å². The van der Waals surface area contributed by atoms with Crippen LogP contribution in [0.25, 0.3) is 0 Å². The zero-order chi connectivity index (χ0) is 16.3. The normalized spacial score (nSPS) is 17.5. The summed E-state index contributed by atoms with van der Waals surface area (Å²) in [6.07, 6.45) is 0.110. The van der Waals surface area contributed by atoms with Gasteiger partial charge >= 0.3 is 5.97 Å². The number of benzene rings is 1. The van der Waals surface area contributed by atoms with Gasteiger partial charge in [-0.25, -0.2) is 0 Å². The molecule has 7 heteroatoms. The zero-order valence-corrected chi connectivity index (χ0v) is 13.1. The summed E-state index contributed by atoms with van der Waals surface area (Å²) in [6.45, 7) is 1.95. The van der Waals surface area contributed by atoms with Crippen LogP contribution in [0.1, 0.15) is 12.0 Å². The van der Waals surface area contributed by atoms with Crippen LogP contribution in [-0.2, 0) is 19.1 Å². The minimum absolute atomic E-state index is 0.110. The second-order valence-corrected chi connectivity index (χ2v) is 5.54. The number of carbonyl (C=O) groups excluding carboxylic acids is 3. The molecule has 0 unspecified atom stereocenters. The largest absolute Gasteiger partial charge is 0.468 e. The lowest BCUT2D eigenvalue weighted by molar-refractivity contribution is -0.141. The number of carbonyl (C=O) groups is 3. The lowest BCUT2D eigenvalue weighted by atomic mass is 10.1. The number of anilines is 1. The first-order valence-corrected chi connectivity index (χ1v) is 7.21. The lowest BCUT2D eigenvalue weighted by Gasteiger charge is -2.17. The van der Waals surface area contributed by atoms with E-state index in [1.807, 2.05) is 13.0 Å². The van der Waals surface area contributed by atoms with Gasteiger partial charge in [-0.3, -0.25) is 14.4 Å². The second kappa shape index (κ2) is 6.79. The van der Waals surface area contributed by atoms with Gasteiger partial charge in [-0.15, -0.1) is 0 Å². The fraction of sp³-hybridized carbons (Fsp3) is 0.400. The Labute approximate surface area is 133 Å². The fourth-order valence-electron chi connectivity index (χ4n) is 2.26. The quantitative estimate of drug-likeness (QED) is 0.847. The molecule has 1 aliphatic heterocycles. The van der Waals surface area contributed by atoms with E-state index in [0.29, 0.717) is 10.7 Å². The first-order valence-electron chi connectivity index (χ1n) is 6.83. The predicted octanol–water partition coefficient (Wildman–Crippen LogP) is 1.29. The number of aryl methyl sites for hydroxylation is 1. The van der Waals surface area contributed by atoms with Crippen molar-refractivity contribution in [1.29, 1.82) is 0 Å². The van der Waals surface area contributed by atoms with Gasteiger partial charge in [-0.1, -0.05) is 17.7 Å². The van der Waals surface area contributed by atoms with Crippen LogP contribution in [0.4, 0.5) is 5.69 Å². The van der Waals surface area contributed by atoms with Crippen molar-refractivity contribution in [2.24, 2.45) is 5.92 Å². The third-order valence-electron chi connectivity index (χ3n) is 3.60. The van der Waals surface area contributed by atoms with E-state index in [2.05, 4.69) is 10.1 Å². The molecule has 1 heterocycles. The molecule has 1 aliphatic rings. The van der Waals surface area contributed by atoms with Crippen molar-refractivity contribution in [3.8, 4) is 0 Å². The molecule has 2 amide bonds. The summed E-state index contributed by atoms with van der Waals surface area (Å²) in [7, 11) is 1.25. The molecule has 0 aliphatic carbocycles. The maximum absolute atomic E-state index is 12.1. The van der Waals surface area contributed by atoms with E-state index in [0.717, 1.165) is 5.56 Å². The van der Waals surface area contributed by atoms with Crippen LogP contribution in [0.5, 0.6) is 0 Å². The van der Waals surface area contributed by atoms with E-state index in [1.54, 1.807) is 12.1 Å². The van der Waals surface area contributed by atoms with E-state index in [-0.39, 0.29) is 31.3 Å². The maximum Gasteiger partial charge on any atom is 0.325 e. The SMILES string of the molecule is COC(=O)CNC(=O)[C@@H]1CC(=O)N(c2ccc(C)c(Cl)c2)C1. The van der Waals surface area contributed by atoms with Gasteiger partial charge in [0.25, 0.3) is 0 Å². The van der Waals surface area contributed by atoms with Gasteiger partial charge in [-0.2, -0.15) is 0 Å². The molecule has 0 radical (unpaired) electrons. The average molecular weight is 325 g/mol. The summed E-state index contributed by atoms with van der Waals surface area (Å²) in [5.41, 5.74) is 1.59. The molecule has 0 bridgehead atoms. The number of rotatable bonds is 4. The van der Waals surface area contributed by atoms with Crippen molar-refractivity contribution in [2.45, 2.75) is 13.3 Å². The zero-order valence-electron chi connectivity index (χ0n) is 12.4. The topological polar surface area (TPSA) is 75.7 Å². The van der Waals surface area contributed by atoms with Gasteiger partial charge < -0.3 is 15.0 Å². The molecule has 2 rings (SSSR count). The van der Waals surface area contributed by atoms with Crippen LogP contribution in [0, 0.1) is 12.8 Å². The van der Waals surface area contributed by atoms with Crippen molar-refractivity contribution < 1.29 is 19.1 Å². The van der Waals surface area contributed by atoms with Crippen LogP contribution in [0.2, 0.25) is 5.02 Å². The Balaban J connectivity index is 2.02. The Bertz CT molecular complexity index is 618. The first kappa shape index (κ1) is 16.3. The number of nitrogens with zero attached hydrogens (tertiary/aromatic N) is 1. The summed E-state index contributed by atoms with van der Waals surface area (Å²) in [6, 6.07) is 5.34. The number of amides is 2. The molecule has 22 heavy (non-hydrogen) atoms. The van der Waals surface area contributed by atoms with Gasteiger partial charge in [-0.05, 0) is 24.6 Å². The number of esters is 1. The lowest BCUT2D eigenvalue weighted by Crippen LogP contribution is -2.36. The molecule has 0 spiro atoms. The number of nitrogens with one attached hydrogen (secondary N) is 1. The van der Waals surface area contributed by atoms with Crippen molar-refractivity contribution >= 4 is 35.1 Å². The molecule has 1 aromatic rings. The van der Waals surface area contributed by atoms with Crippen LogP contribution < -0.4 is 10.2 Å². The van der Waals surface area contributed by atoms with E-state index in [1.165, 1.54) is 12.0 Å². The van der Waals surface area contributed by atoms with Crippen molar-refractivity contribution in [1.82, 2.24) is 5.32 Å². The fourth-order valence-corrected chi connectivity index (χ4v) is 2.43. The molecule has 1 fully saturated rings. The summed E-state index contributed by atoms with van der Waals surface area (Å²) in [5.74, 6) is -1.49. The molecule has 0 aromatic heterocycles. The predicted molar refractivity (Wildman–Crippen MR) is 81.7 cm³/mol. The number of halogens is 1. The highest BCUT2D eigenvalue weighted by atomic mass is 35.5. The highest BCUT2D eigenvalue weighted by Gasteiger charge is 2.35. The summed E-state index contributed by atoms with van der Waals surface area (Å²) in [4.78, 5) is 36.6. The molecule has 1 atom stereocenters. The second-order valence-electron chi connectivity index (χ2n) is 5.13. The molecule has 0 saturated carbocycles. The van der Waals surface area contributed by atoms with E-state index in [9.17, 15) is 14.4 Å².